The highest BCUT2D eigenvalue weighted by atomic mass is 31.2. The largest absolute Gasteiger partial charge is 0.544 e. The molecule has 0 bridgehead atoms. The highest BCUT2D eigenvalue weighted by molar-refractivity contribution is 7.47. The van der Waals surface area contributed by atoms with Crippen LogP contribution >= 0.6 is 7.82 Å². The van der Waals surface area contributed by atoms with E-state index in [1.165, 1.54) is 109 Å². The molecule has 0 radical (unpaired) electrons. The van der Waals surface area contributed by atoms with Crippen molar-refractivity contribution in [2.45, 2.75) is 219 Å². The Morgan fingerprint density at radius 1 is 0.574 bits per heavy atom. The molecule has 0 saturated carbocycles. The topological polar surface area (TPSA) is 176 Å². The van der Waals surface area contributed by atoms with Crippen molar-refractivity contribution in [3.8, 4) is 0 Å². The van der Waals surface area contributed by atoms with Crippen molar-refractivity contribution in [1.29, 1.82) is 0 Å². The molecule has 3 atom stereocenters. The summed E-state index contributed by atoms with van der Waals surface area (Å²) in [6.07, 6.45) is 37.0. The summed E-state index contributed by atoms with van der Waals surface area (Å²) in [5.74, 6) is -2.51. The summed E-state index contributed by atoms with van der Waals surface area (Å²) >= 11 is 0. The lowest BCUT2D eigenvalue weighted by Gasteiger charge is -2.20. The smallest absolute Gasteiger partial charge is 0.472 e. The zero-order chi connectivity index (χ0) is 40.0. The van der Waals surface area contributed by atoms with E-state index in [1.54, 1.807) is 0 Å². The normalized spacial score (nSPS) is 13.9. The van der Waals surface area contributed by atoms with Crippen molar-refractivity contribution in [3.05, 3.63) is 12.2 Å². The zero-order valence-electron chi connectivity index (χ0n) is 34.4. The monoisotopic (exact) mass is 790 g/mol. The predicted molar refractivity (Wildman–Crippen MR) is 213 cm³/mol. The Hall–Kier alpha value is -1.78. The fourth-order valence-electron chi connectivity index (χ4n) is 6.07. The number of ether oxygens (including phenoxy) is 2. The Morgan fingerprint density at radius 3 is 1.37 bits per heavy atom. The van der Waals surface area contributed by atoms with E-state index >= 15 is 0 Å². The molecule has 0 aliphatic rings. The van der Waals surface area contributed by atoms with Gasteiger partial charge >= 0.3 is 19.8 Å². The predicted octanol–water partition coefficient (Wildman–Crippen LogP) is 9.23. The zero-order valence-corrected chi connectivity index (χ0v) is 35.3. The van der Waals surface area contributed by atoms with E-state index in [9.17, 15) is 28.9 Å². The van der Waals surface area contributed by atoms with Gasteiger partial charge in [0.15, 0.2) is 6.10 Å². The van der Waals surface area contributed by atoms with E-state index in [2.05, 4.69) is 36.3 Å². The first kappa shape index (κ1) is 52.2. The van der Waals surface area contributed by atoms with Crippen LogP contribution in [0.1, 0.15) is 206 Å². The standard InChI is InChI=1S/C42H80NO10P/c1-3-5-7-9-11-13-15-17-19-21-23-25-27-29-31-33-40(44)50-35-38(36-51-54(48,49)52-37-39(43)42(46)47)53-41(45)34-32-30-28-26-24-22-20-18-16-14-12-10-8-6-4-2/h18,20,38-39H,3-17,19,21-37,43H2,1-2H3,(H,46,47)(H,48,49). The van der Waals surface area contributed by atoms with Crippen LogP contribution in [0.4, 0.5) is 0 Å². The van der Waals surface area contributed by atoms with Gasteiger partial charge in [-0.3, -0.25) is 18.6 Å². The molecule has 54 heavy (non-hydrogen) atoms. The number of carboxylic acid groups (broad SMARTS) is 1. The van der Waals surface area contributed by atoms with Crippen LogP contribution in [0.2, 0.25) is 0 Å². The van der Waals surface area contributed by atoms with Crippen LogP contribution < -0.4 is 10.8 Å². The number of hydrogen-bond donors (Lipinski definition) is 2. The lowest BCUT2D eigenvalue weighted by molar-refractivity contribution is -0.440. The first-order valence-corrected chi connectivity index (χ1v) is 23.3. The van der Waals surface area contributed by atoms with Gasteiger partial charge < -0.3 is 30.0 Å². The number of carbonyl (C=O) groups is 3. The number of phosphoric ester groups is 1. The summed E-state index contributed by atoms with van der Waals surface area (Å²) in [7, 11) is -4.70. The van der Waals surface area contributed by atoms with Gasteiger partial charge in [-0.05, 0) is 38.5 Å². The number of carboxylic acids is 1. The molecule has 0 heterocycles. The van der Waals surface area contributed by atoms with Gasteiger partial charge in [0, 0.05) is 12.8 Å². The highest BCUT2D eigenvalue weighted by Crippen LogP contribution is 2.43. The molecule has 3 unspecified atom stereocenters. The molecule has 0 aliphatic heterocycles. The maximum atomic E-state index is 12.6. The molecule has 0 rings (SSSR count). The molecule has 12 heteroatoms. The van der Waals surface area contributed by atoms with Gasteiger partial charge in [0.25, 0.3) is 0 Å². The second-order valence-electron chi connectivity index (χ2n) is 14.9. The molecule has 0 amide bonds. The average molecular weight is 790 g/mol. The number of quaternary nitrogens is 1. The number of unbranched alkanes of at least 4 members (excludes halogenated alkanes) is 25. The minimum atomic E-state index is -4.70. The van der Waals surface area contributed by atoms with Crippen molar-refractivity contribution in [3.63, 3.8) is 0 Å². The minimum absolute atomic E-state index is 0.157. The molecule has 0 aromatic heterocycles. The van der Waals surface area contributed by atoms with Crippen LogP contribution in [-0.4, -0.2) is 54.8 Å². The van der Waals surface area contributed by atoms with Crippen molar-refractivity contribution >= 4 is 25.7 Å². The molecule has 0 aliphatic carbocycles. The van der Waals surface area contributed by atoms with E-state index < -0.39 is 51.1 Å². The number of aliphatic carboxylic acids is 1. The Morgan fingerprint density at radius 2 is 0.944 bits per heavy atom. The second-order valence-corrected chi connectivity index (χ2v) is 16.4. The number of allylic oxidation sites excluding steroid dienone is 2. The summed E-state index contributed by atoms with van der Waals surface area (Å²) in [6, 6.07) is -1.38. The maximum absolute atomic E-state index is 12.6. The van der Waals surface area contributed by atoms with Crippen LogP contribution in [0.3, 0.4) is 0 Å². The van der Waals surface area contributed by atoms with Crippen LogP contribution in [-0.2, 0) is 37.5 Å². The van der Waals surface area contributed by atoms with Gasteiger partial charge in [0.1, 0.15) is 25.2 Å². The fourth-order valence-corrected chi connectivity index (χ4v) is 6.86. The third-order valence-corrected chi connectivity index (χ3v) is 10.5. The molecule has 0 fully saturated rings. The van der Waals surface area contributed by atoms with Gasteiger partial charge in [-0.1, -0.05) is 167 Å². The van der Waals surface area contributed by atoms with Crippen molar-refractivity contribution < 1.29 is 53.2 Å². The van der Waals surface area contributed by atoms with Crippen molar-refractivity contribution in [1.82, 2.24) is 0 Å². The molecule has 11 nitrogen and oxygen atoms in total. The molecule has 0 saturated heterocycles. The Labute approximate surface area is 328 Å². The Balaban J connectivity index is 4.35. The van der Waals surface area contributed by atoms with Crippen LogP contribution in [0.25, 0.3) is 0 Å². The second kappa shape index (κ2) is 38.1. The van der Waals surface area contributed by atoms with Crippen LogP contribution in [0.15, 0.2) is 12.2 Å². The molecule has 4 N–H and O–H groups in total. The van der Waals surface area contributed by atoms with Crippen LogP contribution in [0, 0.1) is 0 Å². The molecular formula is C42H80NO10P. The number of carbonyl (C=O) groups excluding carboxylic acids is 3. The molecule has 0 spiro atoms. The van der Waals surface area contributed by atoms with Gasteiger partial charge in [-0.25, -0.2) is 4.57 Å². The summed E-state index contributed by atoms with van der Waals surface area (Å²) < 4.78 is 32.7. The van der Waals surface area contributed by atoms with E-state index in [1.807, 2.05) is 0 Å². The van der Waals surface area contributed by atoms with Crippen molar-refractivity contribution in [2.24, 2.45) is 0 Å². The lowest BCUT2D eigenvalue weighted by atomic mass is 10.0. The van der Waals surface area contributed by atoms with Gasteiger partial charge in [-0.15, -0.1) is 0 Å². The average Bonchev–Trinajstić information content (AvgIpc) is 3.14. The first-order chi connectivity index (χ1) is 26.1. The van der Waals surface area contributed by atoms with E-state index in [0.29, 0.717) is 12.8 Å². The van der Waals surface area contributed by atoms with E-state index in [-0.39, 0.29) is 19.4 Å². The number of rotatable bonds is 41. The molecule has 0 aromatic carbocycles. The number of phosphoric acid groups is 1. The minimum Gasteiger partial charge on any atom is -0.544 e. The quantitative estimate of drug-likeness (QED) is 0.0263. The summed E-state index contributed by atoms with van der Waals surface area (Å²) in [5.41, 5.74) is 3.27. The SMILES string of the molecule is CCCCCCCCC=CCCCCCCCC(=O)OC(COC(=O)CCCCCCCCCCCCCCCCC)COP(=O)(O)OCC([NH3+])C(=O)[O-]. The third-order valence-electron chi connectivity index (χ3n) is 9.55. The highest BCUT2D eigenvalue weighted by Gasteiger charge is 2.27. The molecule has 318 valence electrons. The summed E-state index contributed by atoms with van der Waals surface area (Å²) in [4.78, 5) is 45.9. The van der Waals surface area contributed by atoms with Crippen LogP contribution in [0.5, 0.6) is 0 Å². The van der Waals surface area contributed by atoms with Gasteiger partial charge in [0.2, 0.25) is 0 Å². The number of esters is 2. The Kier molecular flexibility index (Phi) is 36.9. The van der Waals surface area contributed by atoms with Crippen molar-refractivity contribution in [2.75, 3.05) is 19.8 Å². The Bertz CT molecular complexity index is 979. The van der Waals surface area contributed by atoms with E-state index in [0.717, 1.165) is 57.8 Å². The fraction of sp³-hybridized carbons (Fsp3) is 0.881. The third kappa shape index (κ3) is 37.2. The molecular weight excluding hydrogens is 709 g/mol. The lowest BCUT2D eigenvalue weighted by Crippen LogP contribution is -2.70. The number of hydrogen-bond acceptors (Lipinski definition) is 9. The molecule has 0 aromatic rings. The van der Waals surface area contributed by atoms with E-state index in [4.69, 9.17) is 14.0 Å². The first-order valence-electron chi connectivity index (χ1n) is 21.8. The maximum Gasteiger partial charge on any atom is 0.472 e. The van der Waals surface area contributed by atoms with Gasteiger partial charge in [-0.2, -0.15) is 0 Å². The summed E-state index contributed by atoms with van der Waals surface area (Å²) in [5, 5.41) is 10.9. The van der Waals surface area contributed by atoms with Gasteiger partial charge in [0.05, 0.1) is 6.61 Å². The summed E-state index contributed by atoms with van der Waals surface area (Å²) in [6.45, 7) is 2.86.